The van der Waals surface area contributed by atoms with Crippen LogP contribution in [0.15, 0.2) is 23.6 Å². The summed E-state index contributed by atoms with van der Waals surface area (Å²) in [5.41, 5.74) is 6.94. The van der Waals surface area contributed by atoms with Crippen molar-refractivity contribution in [2.75, 3.05) is 5.73 Å². The lowest BCUT2D eigenvalue weighted by atomic mass is 9.93. The minimum absolute atomic E-state index is 0.0347. The first-order valence-corrected chi connectivity index (χ1v) is 7.20. The maximum atomic E-state index is 10.1. The second-order valence-electron chi connectivity index (χ2n) is 4.80. The van der Waals surface area contributed by atoms with Crippen LogP contribution >= 0.6 is 11.3 Å². The smallest absolute Gasteiger partial charge is 0.122 e. The van der Waals surface area contributed by atoms with E-state index in [1.165, 1.54) is 0 Å². The van der Waals surface area contributed by atoms with E-state index < -0.39 is 0 Å². The number of aromatic nitrogens is 2. The summed E-state index contributed by atoms with van der Waals surface area (Å²) in [6, 6.07) is 5.97. The molecular weight excluding hydrogens is 246 g/mol. The molecule has 1 aliphatic rings. The number of hydrogen-bond donors (Lipinski definition) is 2. The molecule has 1 aliphatic carbocycles. The molecule has 3 N–H and O–H groups in total. The average Bonchev–Trinajstić information content (AvgIpc) is 2.99. The molecule has 0 aromatic carbocycles. The van der Waals surface area contributed by atoms with Crippen LogP contribution in [0, 0.1) is 0 Å². The third-order valence-corrected chi connectivity index (χ3v) is 4.44. The molecule has 2 unspecified atom stereocenters. The number of thiophene rings is 1. The van der Waals surface area contributed by atoms with Gasteiger partial charge in [0, 0.05) is 6.07 Å². The average molecular weight is 263 g/mol. The van der Waals surface area contributed by atoms with Gasteiger partial charge < -0.3 is 10.8 Å². The molecule has 0 amide bonds. The van der Waals surface area contributed by atoms with E-state index in [2.05, 4.69) is 5.10 Å². The maximum absolute atomic E-state index is 10.1. The fraction of sp³-hybridized carbons (Fsp3) is 0.462. The number of aliphatic hydroxyl groups is 1. The molecule has 5 heteroatoms. The topological polar surface area (TPSA) is 64.1 Å². The molecule has 0 bridgehead atoms. The summed E-state index contributed by atoms with van der Waals surface area (Å²) in [6.45, 7) is 0. The summed E-state index contributed by atoms with van der Waals surface area (Å²) >= 11 is 1.65. The van der Waals surface area contributed by atoms with Crippen molar-refractivity contribution in [3.8, 4) is 10.6 Å². The molecule has 96 valence electrons. The van der Waals surface area contributed by atoms with Gasteiger partial charge in [0.05, 0.1) is 17.0 Å². The van der Waals surface area contributed by atoms with E-state index in [-0.39, 0.29) is 12.1 Å². The lowest BCUT2D eigenvalue weighted by Crippen LogP contribution is -2.29. The summed E-state index contributed by atoms with van der Waals surface area (Å²) in [6.07, 6.45) is 3.71. The summed E-state index contributed by atoms with van der Waals surface area (Å²) in [5, 5.41) is 16.7. The van der Waals surface area contributed by atoms with E-state index in [4.69, 9.17) is 5.73 Å². The number of hydrogen-bond acceptors (Lipinski definition) is 4. The fourth-order valence-corrected chi connectivity index (χ4v) is 3.28. The molecule has 0 spiro atoms. The van der Waals surface area contributed by atoms with Gasteiger partial charge in [-0.15, -0.1) is 11.3 Å². The number of nitrogen functional groups attached to an aromatic ring is 1. The second-order valence-corrected chi connectivity index (χ2v) is 5.74. The fourth-order valence-electron chi connectivity index (χ4n) is 2.60. The van der Waals surface area contributed by atoms with Crippen LogP contribution in [0.4, 0.5) is 5.82 Å². The molecule has 1 saturated carbocycles. The predicted molar refractivity (Wildman–Crippen MR) is 73.5 cm³/mol. The summed E-state index contributed by atoms with van der Waals surface area (Å²) in [4.78, 5) is 1.12. The van der Waals surface area contributed by atoms with Gasteiger partial charge in [-0.05, 0) is 24.3 Å². The quantitative estimate of drug-likeness (QED) is 0.875. The van der Waals surface area contributed by atoms with Crippen LogP contribution in [-0.2, 0) is 0 Å². The van der Waals surface area contributed by atoms with Crippen molar-refractivity contribution in [3.05, 3.63) is 23.6 Å². The summed E-state index contributed by atoms with van der Waals surface area (Å²) in [5.74, 6) is 0.643. The zero-order valence-corrected chi connectivity index (χ0v) is 10.9. The van der Waals surface area contributed by atoms with Crippen molar-refractivity contribution >= 4 is 17.2 Å². The highest BCUT2D eigenvalue weighted by Crippen LogP contribution is 2.32. The van der Waals surface area contributed by atoms with E-state index in [1.54, 1.807) is 16.0 Å². The van der Waals surface area contributed by atoms with Crippen molar-refractivity contribution in [2.24, 2.45) is 0 Å². The van der Waals surface area contributed by atoms with Gasteiger partial charge in [-0.2, -0.15) is 5.10 Å². The first-order chi connectivity index (χ1) is 8.75. The molecule has 2 aromatic rings. The lowest BCUT2D eigenvalue weighted by Gasteiger charge is -2.28. The molecular formula is C13H17N3OS. The van der Waals surface area contributed by atoms with Crippen molar-refractivity contribution in [1.29, 1.82) is 0 Å². The first kappa shape index (κ1) is 11.7. The Balaban J connectivity index is 1.93. The Morgan fingerprint density at radius 1 is 1.39 bits per heavy atom. The number of nitrogens with zero attached hydrogens (tertiary/aromatic N) is 2. The number of rotatable bonds is 2. The van der Waals surface area contributed by atoms with Gasteiger partial charge in [0.15, 0.2) is 0 Å². The molecule has 2 heterocycles. The minimum Gasteiger partial charge on any atom is -0.391 e. The standard InChI is InChI=1S/C13H17N3OS/c14-13-8-9(12-6-3-7-18-12)15-16(13)10-4-1-2-5-11(10)17/h3,6-8,10-11,17H,1-2,4-5,14H2. The van der Waals surface area contributed by atoms with E-state index >= 15 is 0 Å². The molecule has 2 aromatic heterocycles. The molecule has 1 fully saturated rings. The monoisotopic (exact) mass is 263 g/mol. The van der Waals surface area contributed by atoms with Crippen molar-refractivity contribution in [2.45, 2.75) is 37.8 Å². The Kier molecular flexibility index (Phi) is 3.09. The molecule has 18 heavy (non-hydrogen) atoms. The van der Waals surface area contributed by atoms with Gasteiger partial charge in [0.2, 0.25) is 0 Å². The van der Waals surface area contributed by atoms with Crippen LogP contribution in [0.5, 0.6) is 0 Å². The van der Waals surface area contributed by atoms with Crippen molar-refractivity contribution in [1.82, 2.24) is 9.78 Å². The Labute approximate surface area is 110 Å². The van der Waals surface area contributed by atoms with Gasteiger partial charge in [0.25, 0.3) is 0 Å². The predicted octanol–water partition coefficient (Wildman–Crippen LogP) is 2.67. The van der Waals surface area contributed by atoms with E-state index in [9.17, 15) is 5.11 Å². The van der Waals surface area contributed by atoms with Crippen LogP contribution in [0.3, 0.4) is 0 Å². The summed E-state index contributed by atoms with van der Waals surface area (Å²) < 4.78 is 1.80. The zero-order valence-electron chi connectivity index (χ0n) is 10.1. The van der Waals surface area contributed by atoms with E-state index in [1.807, 2.05) is 23.6 Å². The van der Waals surface area contributed by atoms with Gasteiger partial charge >= 0.3 is 0 Å². The highest BCUT2D eigenvalue weighted by molar-refractivity contribution is 7.13. The minimum atomic E-state index is -0.322. The van der Waals surface area contributed by atoms with Crippen LogP contribution in [0.1, 0.15) is 31.7 Å². The third-order valence-electron chi connectivity index (χ3n) is 3.55. The van der Waals surface area contributed by atoms with Crippen LogP contribution < -0.4 is 5.73 Å². The van der Waals surface area contributed by atoms with E-state index in [0.29, 0.717) is 5.82 Å². The number of nitrogens with two attached hydrogens (primary N) is 1. The highest BCUT2D eigenvalue weighted by Gasteiger charge is 2.27. The Morgan fingerprint density at radius 2 is 2.22 bits per heavy atom. The lowest BCUT2D eigenvalue weighted by molar-refractivity contribution is 0.0707. The second kappa shape index (κ2) is 4.74. The Morgan fingerprint density at radius 3 is 2.94 bits per heavy atom. The van der Waals surface area contributed by atoms with E-state index in [0.717, 1.165) is 36.3 Å². The third kappa shape index (κ3) is 2.04. The SMILES string of the molecule is Nc1cc(-c2cccs2)nn1C1CCCCC1O. The number of anilines is 1. The highest BCUT2D eigenvalue weighted by atomic mass is 32.1. The van der Waals surface area contributed by atoms with Gasteiger partial charge in [-0.1, -0.05) is 18.9 Å². The largest absolute Gasteiger partial charge is 0.391 e. The van der Waals surface area contributed by atoms with Gasteiger partial charge in [-0.25, -0.2) is 4.68 Å². The zero-order chi connectivity index (χ0) is 12.5. The summed E-state index contributed by atoms with van der Waals surface area (Å²) in [7, 11) is 0. The molecule has 4 nitrogen and oxygen atoms in total. The Bertz CT molecular complexity index is 520. The molecule has 0 aliphatic heterocycles. The Hall–Kier alpha value is -1.33. The number of aliphatic hydroxyl groups excluding tert-OH is 1. The first-order valence-electron chi connectivity index (χ1n) is 6.32. The molecule has 2 atom stereocenters. The molecule has 0 saturated heterocycles. The maximum Gasteiger partial charge on any atom is 0.122 e. The molecule has 3 rings (SSSR count). The van der Waals surface area contributed by atoms with Gasteiger partial charge in [-0.3, -0.25) is 0 Å². The normalized spacial score (nSPS) is 24.3. The van der Waals surface area contributed by atoms with Crippen molar-refractivity contribution in [3.63, 3.8) is 0 Å². The van der Waals surface area contributed by atoms with Crippen LogP contribution in [-0.4, -0.2) is 21.0 Å². The van der Waals surface area contributed by atoms with Crippen molar-refractivity contribution < 1.29 is 5.11 Å². The molecule has 0 radical (unpaired) electrons. The van der Waals surface area contributed by atoms with Gasteiger partial charge in [0.1, 0.15) is 11.5 Å². The van der Waals surface area contributed by atoms with Crippen LogP contribution in [0.2, 0.25) is 0 Å². The van der Waals surface area contributed by atoms with Crippen LogP contribution in [0.25, 0.3) is 10.6 Å².